The van der Waals surface area contributed by atoms with Gasteiger partial charge in [0.05, 0.1) is 18.7 Å². The van der Waals surface area contributed by atoms with Gasteiger partial charge in [-0.25, -0.2) is 9.67 Å². The van der Waals surface area contributed by atoms with Gasteiger partial charge >= 0.3 is 0 Å². The largest absolute Gasteiger partial charge is 0.530 e. The second-order valence-electron chi connectivity index (χ2n) is 7.01. The number of carbonyl (C=O) groups excluding carboxylic acids is 1. The standard InChI is InChI=1S/C21H21N7O3/c1-25-14-18(13-23-25)28-7-5-20(29)19(24-28)12-16-3-2-4-17(11-16)27(21(30)31)10-9-26-8-6-22-15-26/h2-8,11,13-15H,9-10,12H2,1H3,(H,30,31)/p-1. The molecule has 3 heterocycles. The fourth-order valence-electron chi connectivity index (χ4n) is 3.23. The summed E-state index contributed by atoms with van der Waals surface area (Å²) < 4.78 is 5.03. The number of nitrogens with zero attached hydrogens (tertiary/aromatic N) is 7. The summed E-state index contributed by atoms with van der Waals surface area (Å²) in [4.78, 5) is 29.2. The number of aromatic nitrogens is 6. The van der Waals surface area contributed by atoms with Crippen LogP contribution >= 0.6 is 0 Å². The third-order valence-corrected chi connectivity index (χ3v) is 4.79. The zero-order chi connectivity index (χ0) is 21.8. The highest BCUT2D eigenvalue weighted by atomic mass is 16.4. The van der Waals surface area contributed by atoms with Crippen LogP contribution in [0.4, 0.5) is 10.5 Å². The number of rotatable bonds is 7. The minimum absolute atomic E-state index is 0.192. The molecule has 158 valence electrons. The van der Waals surface area contributed by atoms with Gasteiger partial charge in [-0.1, -0.05) is 12.1 Å². The number of imidazole rings is 1. The van der Waals surface area contributed by atoms with Crippen molar-refractivity contribution in [2.45, 2.75) is 13.0 Å². The summed E-state index contributed by atoms with van der Waals surface area (Å²) in [6.07, 6.45) is 9.02. The van der Waals surface area contributed by atoms with E-state index in [4.69, 9.17) is 0 Å². The molecule has 0 saturated carbocycles. The topological polar surface area (TPSA) is 114 Å². The lowest BCUT2D eigenvalue weighted by Gasteiger charge is -2.25. The maximum absolute atomic E-state index is 12.4. The van der Waals surface area contributed by atoms with Crippen LogP contribution in [0.1, 0.15) is 11.3 Å². The molecule has 0 radical (unpaired) electrons. The first-order valence-electron chi connectivity index (χ1n) is 9.61. The van der Waals surface area contributed by atoms with Crippen molar-refractivity contribution in [1.29, 1.82) is 0 Å². The Morgan fingerprint density at radius 3 is 2.81 bits per heavy atom. The minimum atomic E-state index is -1.30. The number of carboxylic acid groups (broad SMARTS) is 1. The molecule has 3 aromatic heterocycles. The molecule has 0 aliphatic carbocycles. The molecule has 31 heavy (non-hydrogen) atoms. The molecule has 0 fully saturated rings. The van der Waals surface area contributed by atoms with Crippen molar-refractivity contribution in [3.05, 3.63) is 89.1 Å². The maximum atomic E-state index is 12.4. The van der Waals surface area contributed by atoms with Gasteiger partial charge in [0.1, 0.15) is 17.5 Å². The number of hydrogen-bond acceptors (Lipinski definition) is 6. The van der Waals surface area contributed by atoms with Gasteiger partial charge in [0.25, 0.3) is 0 Å². The number of hydrogen-bond donors (Lipinski definition) is 0. The van der Waals surface area contributed by atoms with Gasteiger partial charge in [0.2, 0.25) is 5.43 Å². The normalized spacial score (nSPS) is 10.9. The van der Waals surface area contributed by atoms with Gasteiger partial charge in [0.15, 0.2) is 0 Å². The van der Waals surface area contributed by atoms with E-state index in [1.807, 2.05) is 6.07 Å². The summed E-state index contributed by atoms with van der Waals surface area (Å²) in [6.45, 7) is 0.647. The Morgan fingerprint density at radius 1 is 1.23 bits per heavy atom. The molecular weight excluding hydrogens is 398 g/mol. The van der Waals surface area contributed by atoms with Crippen LogP contribution in [0.2, 0.25) is 0 Å². The lowest BCUT2D eigenvalue weighted by molar-refractivity contribution is -0.246. The van der Waals surface area contributed by atoms with E-state index >= 15 is 0 Å². The van der Waals surface area contributed by atoms with Crippen molar-refractivity contribution in [3.63, 3.8) is 0 Å². The van der Waals surface area contributed by atoms with Crippen LogP contribution in [0.15, 0.2) is 72.4 Å². The van der Waals surface area contributed by atoms with Crippen LogP contribution < -0.4 is 15.4 Å². The smallest absolute Gasteiger partial charge is 0.203 e. The van der Waals surface area contributed by atoms with Crippen molar-refractivity contribution in [1.82, 2.24) is 29.1 Å². The third-order valence-electron chi connectivity index (χ3n) is 4.79. The van der Waals surface area contributed by atoms with E-state index in [0.717, 1.165) is 16.2 Å². The second-order valence-corrected chi connectivity index (χ2v) is 7.01. The van der Waals surface area contributed by atoms with E-state index in [1.54, 1.807) is 76.5 Å². The summed E-state index contributed by atoms with van der Waals surface area (Å²) in [6, 6.07) is 8.46. The van der Waals surface area contributed by atoms with E-state index in [-0.39, 0.29) is 18.4 Å². The van der Waals surface area contributed by atoms with Crippen molar-refractivity contribution in [2.75, 3.05) is 11.4 Å². The number of aryl methyl sites for hydroxylation is 1. The predicted octanol–water partition coefficient (Wildman–Crippen LogP) is 0.603. The quantitative estimate of drug-likeness (QED) is 0.434. The molecule has 0 bridgehead atoms. The monoisotopic (exact) mass is 418 g/mol. The SMILES string of the molecule is Cn1cc(-n2ccc(=O)c(Cc3cccc(N(CCn4ccnc4)C(=O)[O-])c3)n2)cn1. The highest BCUT2D eigenvalue weighted by Gasteiger charge is 2.11. The van der Waals surface area contributed by atoms with E-state index in [0.29, 0.717) is 17.9 Å². The molecule has 0 atom stereocenters. The van der Waals surface area contributed by atoms with Gasteiger partial charge in [-0.05, 0) is 17.7 Å². The van der Waals surface area contributed by atoms with Crippen LogP contribution in [-0.4, -0.2) is 41.8 Å². The van der Waals surface area contributed by atoms with Crippen LogP contribution in [0.25, 0.3) is 5.69 Å². The Labute approximate surface area is 177 Å². The molecule has 0 spiro atoms. The average Bonchev–Trinajstić information content (AvgIpc) is 3.42. The molecule has 0 saturated heterocycles. The first-order valence-corrected chi connectivity index (χ1v) is 9.61. The van der Waals surface area contributed by atoms with Crippen LogP contribution in [0.3, 0.4) is 0 Å². The number of amides is 1. The molecular formula is C21H20N7O3-. The third kappa shape index (κ3) is 4.69. The number of anilines is 1. The summed E-state index contributed by atoms with van der Waals surface area (Å²) in [5.41, 5.74) is 2.13. The van der Waals surface area contributed by atoms with Crippen molar-refractivity contribution >= 4 is 11.8 Å². The van der Waals surface area contributed by atoms with Crippen molar-refractivity contribution < 1.29 is 9.90 Å². The highest BCUT2D eigenvalue weighted by Crippen LogP contribution is 2.18. The van der Waals surface area contributed by atoms with E-state index in [1.165, 1.54) is 6.07 Å². The van der Waals surface area contributed by atoms with Crippen molar-refractivity contribution in [3.8, 4) is 5.69 Å². The van der Waals surface area contributed by atoms with E-state index in [9.17, 15) is 14.7 Å². The molecule has 0 aliphatic rings. The van der Waals surface area contributed by atoms with Crippen LogP contribution in [0, 0.1) is 0 Å². The molecule has 0 aliphatic heterocycles. The molecule has 0 unspecified atom stereocenters. The molecule has 4 aromatic rings. The highest BCUT2D eigenvalue weighted by molar-refractivity contribution is 5.84. The van der Waals surface area contributed by atoms with Crippen LogP contribution in [0.5, 0.6) is 0 Å². The average molecular weight is 418 g/mol. The van der Waals surface area contributed by atoms with Gasteiger partial charge < -0.3 is 19.4 Å². The van der Waals surface area contributed by atoms with Crippen molar-refractivity contribution in [2.24, 2.45) is 7.05 Å². The summed E-state index contributed by atoms with van der Waals surface area (Å²) >= 11 is 0. The summed E-state index contributed by atoms with van der Waals surface area (Å²) in [7, 11) is 1.80. The first-order chi connectivity index (χ1) is 15.0. The Balaban J connectivity index is 1.56. The van der Waals surface area contributed by atoms with Gasteiger partial charge in [-0.3, -0.25) is 9.48 Å². The fraction of sp³-hybridized carbons (Fsp3) is 0.190. The Kier molecular flexibility index (Phi) is 5.61. The minimum Gasteiger partial charge on any atom is -0.530 e. The van der Waals surface area contributed by atoms with Gasteiger partial charge in [-0.2, -0.15) is 10.2 Å². The Bertz CT molecular complexity index is 1240. The first kappa shape index (κ1) is 20.1. The lowest BCUT2D eigenvalue weighted by atomic mass is 10.1. The molecule has 4 rings (SSSR count). The number of benzene rings is 1. The Hall–Kier alpha value is -4.21. The molecule has 10 nitrogen and oxygen atoms in total. The second kappa shape index (κ2) is 8.66. The summed E-state index contributed by atoms with van der Waals surface area (Å²) in [5.74, 6) is 0. The molecule has 10 heteroatoms. The summed E-state index contributed by atoms with van der Waals surface area (Å²) in [5, 5.41) is 20.2. The molecule has 1 amide bonds. The number of carbonyl (C=O) groups is 1. The zero-order valence-electron chi connectivity index (χ0n) is 16.8. The van der Waals surface area contributed by atoms with E-state index in [2.05, 4.69) is 15.2 Å². The Morgan fingerprint density at radius 2 is 2.10 bits per heavy atom. The van der Waals surface area contributed by atoms with E-state index < -0.39 is 6.09 Å². The van der Waals surface area contributed by atoms with Gasteiger partial charge in [0, 0.05) is 56.9 Å². The molecule has 1 aromatic carbocycles. The van der Waals surface area contributed by atoms with Gasteiger partial charge in [-0.15, -0.1) is 0 Å². The predicted molar refractivity (Wildman–Crippen MR) is 111 cm³/mol. The fourth-order valence-corrected chi connectivity index (χ4v) is 3.23. The maximum Gasteiger partial charge on any atom is 0.203 e. The molecule has 0 N–H and O–H groups in total. The van der Waals surface area contributed by atoms with Crippen LogP contribution in [-0.2, 0) is 20.0 Å². The zero-order valence-corrected chi connectivity index (χ0v) is 16.8. The lowest BCUT2D eigenvalue weighted by Crippen LogP contribution is -2.43.